The minimum absolute atomic E-state index is 0.0629. The number of carbonyl (C=O) groups is 1. The van der Waals surface area contributed by atoms with Crippen LogP contribution in [0.4, 0.5) is 0 Å². The van der Waals surface area contributed by atoms with Gasteiger partial charge in [-0.2, -0.15) is 0 Å². The SMILES string of the molecule is CC(C)(C)c1nc2c(c(=O)[nH]1)CN(Cc1ccc(C(=O)O)s1)CC2. The van der Waals surface area contributed by atoms with Crippen LogP contribution < -0.4 is 5.56 Å². The number of fused-ring (bicyclic) bond motifs is 1. The van der Waals surface area contributed by atoms with E-state index >= 15 is 0 Å². The van der Waals surface area contributed by atoms with Crippen molar-refractivity contribution in [2.75, 3.05) is 6.54 Å². The fraction of sp³-hybridized carbons (Fsp3) is 0.471. The number of nitrogens with zero attached hydrogens (tertiary/aromatic N) is 2. The van der Waals surface area contributed by atoms with Gasteiger partial charge in [0.2, 0.25) is 0 Å². The Hall–Kier alpha value is -1.99. The van der Waals surface area contributed by atoms with Crippen molar-refractivity contribution in [3.8, 4) is 0 Å². The summed E-state index contributed by atoms with van der Waals surface area (Å²) in [6.07, 6.45) is 0.736. The van der Waals surface area contributed by atoms with E-state index in [1.807, 2.05) is 26.8 Å². The maximum atomic E-state index is 12.4. The molecule has 0 aliphatic carbocycles. The summed E-state index contributed by atoms with van der Waals surface area (Å²) in [7, 11) is 0. The van der Waals surface area contributed by atoms with Crippen LogP contribution in [-0.4, -0.2) is 32.5 Å². The van der Waals surface area contributed by atoms with Crippen molar-refractivity contribution >= 4 is 17.3 Å². The van der Waals surface area contributed by atoms with Gasteiger partial charge in [0, 0.05) is 36.3 Å². The van der Waals surface area contributed by atoms with E-state index in [9.17, 15) is 9.59 Å². The molecule has 128 valence electrons. The van der Waals surface area contributed by atoms with Gasteiger partial charge >= 0.3 is 5.97 Å². The Morgan fingerprint density at radius 2 is 2.17 bits per heavy atom. The third kappa shape index (κ3) is 3.42. The van der Waals surface area contributed by atoms with Crippen LogP contribution in [0, 0.1) is 0 Å². The van der Waals surface area contributed by atoms with Crippen LogP contribution in [0.5, 0.6) is 0 Å². The third-order valence-corrected chi connectivity index (χ3v) is 5.17. The molecule has 3 rings (SSSR count). The van der Waals surface area contributed by atoms with E-state index in [-0.39, 0.29) is 11.0 Å². The first-order chi connectivity index (χ1) is 11.2. The number of rotatable bonds is 3. The van der Waals surface area contributed by atoms with Crippen molar-refractivity contribution in [2.24, 2.45) is 0 Å². The predicted molar refractivity (Wildman–Crippen MR) is 92.7 cm³/mol. The topological polar surface area (TPSA) is 86.3 Å². The maximum Gasteiger partial charge on any atom is 0.345 e. The highest BCUT2D eigenvalue weighted by Crippen LogP contribution is 2.23. The highest BCUT2D eigenvalue weighted by molar-refractivity contribution is 7.13. The molecule has 0 amide bonds. The zero-order valence-electron chi connectivity index (χ0n) is 14.0. The largest absolute Gasteiger partial charge is 0.477 e. The van der Waals surface area contributed by atoms with E-state index in [2.05, 4.69) is 14.9 Å². The second-order valence-corrected chi connectivity index (χ2v) is 8.29. The first-order valence-corrected chi connectivity index (χ1v) is 8.72. The molecular formula is C17H21N3O3S. The van der Waals surface area contributed by atoms with Gasteiger partial charge in [-0.25, -0.2) is 9.78 Å². The second-order valence-electron chi connectivity index (χ2n) is 7.12. The maximum absolute atomic E-state index is 12.4. The second kappa shape index (κ2) is 6.14. The van der Waals surface area contributed by atoms with E-state index in [0.717, 1.165) is 34.9 Å². The summed E-state index contributed by atoms with van der Waals surface area (Å²) in [6, 6.07) is 3.47. The van der Waals surface area contributed by atoms with Crippen molar-refractivity contribution in [1.82, 2.24) is 14.9 Å². The third-order valence-electron chi connectivity index (χ3n) is 4.11. The fourth-order valence-electron chi connectivity index (χ4n) is 2.77. The van der Waals surface area contributed by atoms with Crippen molar-refractivity contribution in [1.29, 1.82) is 0 Å². The number of nitrogens with one attached hydrogen (secondary N) is 1. The Balaban J connectivity index is 1.79. The minimum atomic E-state index is -0.898. The molecule has 0 saturated heterocycles. The lowest BCUT2D eigenvalue weighted by Gasteiger charge is -2.28. The predicted octanol–water partition coefficient (Wildman–Crippen LogP) is 2.39. The Labute approximate surface area is 144 Å². The number of H-pyrrole nitrogens is 1. The molecule has 6 nitrogen and oxygen atoms in total. The highest BCUT2D eigenvalue weighted by atomic mass is 32.1. The molecule has 1 aliphatic rings. The summed E-state index contributed by atoms with van der Waals surface area (Å²) >= 11 is 1.28. The van der Waals surface area contributed by atoms with Crippen LogP contribution in [0.3, 0.4) is 0 Å². The summed E-state index contributed by atoms with van der Waals surface area (Å²) in [5.74, 6) is -0.172. The molecule has 0 bridgehead atoms. The summed E-state index contributed by atoms with van der Waals surface area (Å²) in [5.41, 5.74) is 1.36. The average Bonchev–Trinajstić information content (AvgIpc) is 2.95. The molecule has 0 unspecified atom stereocenters. The molecular weight excluding hydrogens is 326 g/mol. The number of aromatic carboxylic acids is 1. The molecule has 0 saturated carbocycles. The first-order valence-electron chi connectivity index (χ1n) is 7.91. The van der Waals surface area contributed by atoms with Crippen LogP contribution in [0.2, 0.25) is 0 Å². The number of hydrogen-bond donors (Lipinski definition) is 2. The smallest absolute Gasteiger partial charge is 0.345 e. The van der Waals surface area contributed by atoms with Gasteiger partial charge in [-0.3, -0.25) is 9.69 Å². The summed E-state index contributed by atoms with van der Waals surface area (Å²) in [6.45, 7) is 8.10. The quantitative estimate of drug-likeness (QED) is 0.890. The number of hydrogen-bond acceptors (Lipinski definition) is 5. The molecule has 1 aliphatic heterocycles. The van der Waals surface area contributed by atoms with Gasteiger partial charge in [0.1, 0.15) is 10.7 Å². The van der Waals surface area contributed by atoms with E-state index < -0.39 is 5.97 Å². The molecule has 0 radical (unpaired) electrons. The molecule has 0 fully saturated rings. The van der Waals surface area contributed by atoms with Crippen molar-refractivity contribution in [3.05, 3.63) is 49.3 Å². The van der Waals surface area contributed by atoms with Crippen LogP contribution in [-0.2, 0) is 24.9 Å². The number of carboxylic acids is 1. The van der Waals surface area contributed by atoms with Crippen LogP contribution in [0.1, 0.15) is 52.4 Å². The number of carboxylic acid groups (broad SMARTS) is 1. The molecule has 24 heavy (non-hydrogen) atoms. The average molecular weight is 347 g/mol. The number of thiophene rings is 1. The van der Waals surface area contributed by atoms with Gasteiger partial charge in [0.25, 0.3) is 5.56 Å². The molecule has 7 heteroatoms. The van der Waals surface area contributed by atoms with Gasteiger partial charge < -0.3 is 10.1 Å². The van der Waals surface area contributed by atoms with Crippen molar-refractivity contribution < 1.29 is 9.90 Å². The minimum Gasteiger partial charge on any atom is -0.477 e. The first kappa shape index (κ1) is 16.9. The zero-order valence-corrected chi connectivity index (χ0v) is 14.9. The highest BCUT2D eigenvalue weighted by Gasteiger charge is 2.25. The zero-order chi connectivity index (χ0) is 17.5. The van der Waals surface area contributed by atoms with Gasteiger partial charge in [-0.1, -0.05) is 20.8 Å². The van der Waals surface area contributed by atoms with Crippen LogP contribution in [0.25, 0.3) is 0 Å². The number of aromatic amines is 1. The van der Waals surface area contributed by atoms with Gasteiger partial charge in [0.15, 0.2) is 0 Å². The molecule has 0 aromatic carbocycles. The lowest BCUT2D eigenvalue weighted by atomic mass is 9.95. The van der Waals surface area contributed by atoms with E-state index in [1.54, 1.807) is 6.07 Å². The monoisotopic (exact) mass is 347 g/mol. The molecule has 2 N–H and O–H groups in total. The van der Waals surface area contributed by atoms with Gasteiger partial charge in [0.05, 0.1) is 11.3 Å². The fourth-order valence-corrected chi connectivity index (χ4v) is 3.66. The van der Waals surface area contributed by atoms with E-state index in [1.165, 1.54) is 11.3 Å². The van der Waals surface area contributed by atoms with Crippen molar-refractivity contribution in [2.45, 2.75) is 45.7 Å². The normalized spacial score (nSPS) is 15.3. The molecule has 3 heterocycles. The molecule has 2 aromatic rings. The van der Waals surface area contributed by atoms with Gasteiger partial charge in [-0.05, 0) is 12.1 Å². The molecule has 0 atom stereocenters. The Morgan fingerprint density at radius 3 is 2.79 bits per heavy atom. The molecule has 0 spiro atoms. The number of aromatic nitrogens is 2. The summed E-state index contributed by atoms with van der Waals surface area (Å²) in [5, 5.41) is 9.01. The standard InChI is InChI=1S/C17H21N3O3S/c1-17(2,3)16-18-12-6-7-20(9-11(12)14(21)19-16)8-10-4-5-13(24-10)15(22)23/h4-5H,6-9H2,1-3H3,(H,22,23)(H,18,19,21). The lowest BCUT2D eigenvalue weighted by molar-refractivity contribution is 0.0702. The van der Waals surface area contributed by atoms with Crippen LogP contribution >= 0.6 is 11.3 Å². The Bertz CT molecular complexity index is 832. The van der Waals surface area contributed by atoms with Crippen LogP contribution in [0.15, 0.2) is 16.9 Å². The summed E-state index contributed by atoms with van der Waals surface area (Å²) in [4.78, 5) is 34.5. The molecule has 2 aromatic heterocycles. The Kier molecular flexibility index (Phi) is 4.31. The van der Waals surface area contributed by atoms with Crippen molar-refractivity contribution in [3.63, 3.8) is 0 Å². The lowest BCUT2D eigenvalue weighted by Crippen LogP contribution is -2.36. The van der Waals surface area contributed by atoms with E-state index in [4.69, 9.17) is 5.11 Å². The van der Waals surface area contributed by atoms with E-state index in [0.29, 0.717) is 18.0 Å². The van der Waals surface area contributed by atoms with Gasteiger partial charge in [-0.15, -0.1) is 11.3 Å². The summed E-state index contributed by atoms with van der Waals surface area (Å²) < 4.78 is 0. The Morgan fingerprint density at radius 1 is 1.42 bits per heavy atom.